The Morgan fingerprint density at radius 1 is 1.19 bits per heavy atom. The molecule has 2 aromatic rings. The van der Waals surface area contributed by atoms with E-state index in [1.807, 2.05) is 18.3 Å². The van der Waals surface area contributed by atoms with E-state index in [2.05, 4.69) is 39.3 Å². The van der Waals surface area contributed by atoms with E-state index >= 15 is 0 Å². The average molecular weight is 561 g/mol. The number of nitrogens with one attached hydrogen (secondary N) is 2. The summed E-state index contributed by atoms with van der Waals surface area (Å²) in [6.07, 6.45) is 3.85. The summed E-state index contributed by atoms with van der Waals surface area (Å²) in [7, 11) is 0. The summed E-state index contributed by atoms with van der Waals surface area (Å²) >= 11 is 1.75. The van der Waals surface area contributed by atoms with Gasteiger partial charge in [0.15, 0.2) is 5.96 Å². The van der Waals surface area contributed by atoms with Crippen molar-refractivity contribution in [2.45, 2.75) is 26.7 Å². The number of halogens is 2. The van der Waals surface area contributed by atoms with Crippen LogP contribution in [0.3, 0.4) is 0 Å². The number of thiazole rings is 1. The molecule has 0 atom stereocenters. The van der Waals surface area contributed by atoms with Gasteiger partial charge in [0.25, 0.3) is 0 Å². The van der Waals surface area contributed by atoms with Crippen molar-refractivity contribution in [1.82, 2.24) is 20.5 Å². The Morgan fingerprint density at radius 3 is 2.65 bits per heavy atom. The van der Waals surface area contributed by atoms with Gasteiger partial charge in [-0.15, -0.1) is 35.3 Å². The lowest BCUT2D eigenvalue weighted by atomic mass is 10.2. The summed E-state index contributed by atoms with van der Waals surface area (Å²) in [6.45, 7) is 11.3. The summed E-state index contributed by atoms with van der Waals surface area (Å²) in [5.41, 5.74) is 0.719. The highest BCUT2D eigenvalue weighted by Crippen LogP contribution is 2.20. The van der Waals surface area contributed by atoms with Crippen LogP contribution in [0.15, 0.2) is 35.5 Å². The molecule has 2 heterocycles. The summed E-state index contributed by atoms with van der Waals surface area (Å²) < 4.78 is 14.0. The Balaban J connectivity index is 0.00000341. The lowest BCUT2D eigenvalue weighted by Crippen LogP contribution is -2.47. The van der Waals surface area contributed by atoms with E-state index in [-0.39, 0.29) is 29.8 Å². The third-order valence-corrected chi connectivity index (χ3v) is 6.09. The van der Waals surface area contributed by atoms with Crippen LogP contribution in [0.4, 0.5) is 10.1 Å². The molecule has 0 spiro atoms. The summed E-state index contributed by atoms with van der Waals surface area (Å²) in [5, 5.41) is 7.86. The summed E-state index contributed by atoms with van der Waals surface area (Å²) in [5.74, 6) is 0.740. The maximum atomic E-state index is 14.0. The van der Waals surface area contributed by atoms with Crippen LogP contribution in [-0.4, -0.2) is 68.2 Å². The minimum atomic E-state index is -0.131. The van der Waals surface area contributed by atoms with E-state index in [1.54, 1.807) is 17.4 Å². The maximum Gasteiger partial charge on any atom is 0.191 e. The van der Waals surface area contributed by atoms with Gasteiger partial charge in [-0.1, -0.05) is 12.1 Å². The molecule has 1 aliphatic heterocycles. The van der Waals surface area contributed by atoms with Crippen molar-refractivity contribution in [3.63, 3.8) is 0 Å². The first kappa shape index (κ1) is 25.8. The van der Waals surface area contributed by atoms with Gasteiger partial charge in [0.05, 0.1) is 10.7 Å². The first-order chi connectivity index (χ1) is 14.7. The topological polar surface area (TPSA) is 55.8 Å². The van der Waals surface area contributed by atoms with Crippen molar-refractivity contribution < 1.29 is 4.39 Å². The number of para-hydroxylation sites is 1. The van der Waals surface area contributed by atoms with E-state index in [9.17, 15) is 4.39 Å². The number of aliphatic imine (C=N–C) groups is 1. The number of aromatic nitrogens is 1. The van der Waals surface area contributed by atoms with Crippen molar-refractivity contribution in [2.24, 2.45) is 4.99 Å². The molecule has 0 aliphatic carbocycles. The highest BCUT2D eigenvalue weighted by atomic mass is 127. The van der Waals surface area contributed by atoms with E-state index in [1.165, 1.54) is 10.9 Å². The highest BCUT2D eigenvalue weighted by molar-refractivity contribution is 14.0. The molecule has 172 valence electrons. The van der Waals surface area contributed by atoms with E-state index in [0.29, 0.717) is 0 Å². The Morgan fingerprint density at radius 2 is 1.97 bits per heavy atom. The fraction of sp³-hybridized carbons (Fsp3) is 0.545. The van der Waals surface area contributed by atoms with Crippen LogP contribution in [0.5, 0.6) is 0 Å². The Bertz CT molecular complexity index is 807. The second-order valence-electron chi connectivity index (χ2n) is 7.44. The van der Waals surface area contributed by atoms with Crippen molar-refractivity contribution in [2.75, 3.05) is 57.3 Å². The molecule has 0 radical (unpaired) electrons. The summed E-state index contributed by atoms with van der Waals surface area (Å²) in [6, 6.07) is 7.04. The Kier molecular flexibility index (Phi) is 11.5. The van der Waals surface area contributed by atoms with E-state index < -0.39 is 0 Å². The quantitative estimate of drug-likeness (QED) is 0.213. The van der Waals surface area contributed by atoms with Gasteiger partial charge in [-0.3, -0.25) is 9.89 Å². The predicted molar refractivity (Wildman–Crippen MR) is 140 cm³/mol. The van der Waals surface area contributed by atoms with Crippen LogP contribution in [-0.2, 0) is 6.42 Å². The molecule has 9 heteroatoms. The van der Waals surface area contributed by atoms with Crippen LogP contribution in [0.25, 0.3) is 0 Å². The van der Waals surface area contributed by atoms with E-state index in [0.717, 1.165) is 81.9 Å². The standard InChI is InChI=1S/C22H33FN6S.HI/c1-3-24-22(26-11-9-21-27-17-18(2)30-21)25-10-6-12-28-13-15-29(16-14-28)20-8-5-4-7-19(20)23;/h4-5,7-8,17H,3,6,9-16H2,1-2H3,(H2,24,25,26);1H. The Labute approximate surface area is 206 Å². The highest BCUT2D eigenvalue weighted by Gasteiger charge is 2.18. The maximum absolute atomic E-state index is 14.0. The van der Waals surface area contributed by atoms with Crippen LogP contribution >= 0.6 is 35.3 Å². The number of benzene rings is 1. The molecule has 0 saturated carbocycles. The van der Waals surface area contributed by atoms with Crippen molar-refractivity contribution in [3.05, 3.63) is 46.2 Å². The molecule has 31 heavy (non-hydrogen) atoms. The number of hydrogen-bond acceptors (Lipinski definition) is 5. The van der Waals surface area contributed by atoms with Gasteiger partial charge < -0.3 is 15.5 Å². The van der Waals surface area contributed by atoms with Crippen LogP contribution in [0.2, 0.25) is 0 Å². The normalized spacial score (nSPS) is 14.9. The first-order valence-electron chi connectivity index (χ1n) is 10.8. The predicted octanol–water partition coefficient (Wildman–Crippen LogP) is 3.52. The SMILES string of the molecule is CCNC(=NCCCN1CCN(c2ccccc2F)CC1)NCCc1ncc(C)s1.I. The second kappa shape index (κ2) is 13.8. The van der Waals surface area contributed by atoms with Gasteiger partial charge in [0, 0.05) is 69.9 Å². The average Bonchev–Trinajstić information content (AvgIpc) is 3.17. The third kappa shape index (κ3) is 8.53. The van der Waals surface area contributed by atoms with E-state index in [4.69, 9.17) is 4.99 Å². The third-order valence-electron chi connectivity index (χ3n) is 5.11. The monoisotopic (exact) mass is 560 g/mol. The first-order valence-corrected chi connectivity index (χ1v) is 11.6. The van der Waals surface area contributed by atoms with Crippen LogP contribution in [0, 0.1) is 12.7 Å². The molecular weight excluding hydrogens is 526 g/mol. The number of piperazine rings is 1. The van der Waals surface area contributed by atoms with Gasteiger partial charge in [-0.05, 0) is 32.4 Å². The molecule has 1 saturated heterocycles. The fourth-order valence-corrected chi connectivity index (χ4v) is 4.34. The zero-order valence-corrected chi connectivity index (χ0v) is 21.6. The molecule has 2 N–H and O–H groups in total. The number of guanidine groups is 1. The van der Waals surface area contributed by atoms with Gasteiger partial charge >= 0.3 is 0 Å². The zero-order valence-electron chi connectivity index (χ0n) is 18.4. The second-order valence-corrected chi connectivity index (χ2v) is 8.76. The van der Waals surface area contributed by atoms with Crippen molar-refractivity contribution >= 4 is 47.0 Å². The molecule has 1 aliphatic rings. The number of hydrogen-bond donors (Lipinski definition) is 2. The largest absolute Gasteiger partial charge is 0.367 e. The lowest BCUT2D eigenvalue weighted by Gasteiger charge is -2.36. The molecule has 0 bridgehead atoms. The Hall–Kier alpha value is -1.46. The fourth-order valence-electron chi connectivity index (χ4n) is 3.55. The molecule has 0 unspecified atom stereocenters. The molecular formula is C22H34FIN6S. The molecule has 6 nitrogen and oxygen atoms in total. The van der Waals surface area contributed by atoms with Crippen molar-refractivity contribution in [1.29, 1.82) is 0 Å². The summed E-state index contributed by atoms with van der Waals surface area (Å²) in [4.78, 5) is 14.9. The molecule has 3 rings (SSSR count). The number of aryl methyl sites for hydroxylation is 1. The molecule has 0 amide bonds. The van der Waals surface area contributed by atoms with Gasteiger partial charge in [-0.2, -0.15) is 0 Å². The van der Waals surface area contributed by atoms with Crippen LogP contribution < -0.4 is 15.5 Å². The smallest absolute Gasteiger partial charge is 0.191 e. The minimum Gasteiger partial charge on any atom is -0.367 e. The van der Waals surface area contributed by atoms with Crippen molar-refractivity contribution in [3.8, 4) is 0 Å². The lowest BCUT2D eigenvalue weighted by molar-refractivity contribution is 0.256. The zero-order chi connectivity index (χ0) is 21.2. The van der Waals surface area contributed by atoms with Gasteiger partial charge in [0.1, 0.15) is 5.82 Å². The minimum absolute atomic E-state index is 0. The number of rotatable bonds is 9. The number of anilines is 1. The van der Waals surface area contributed by atoms with Gasteiger partial charge in [-0.25, -0.2) is 9.37 Å². The number of nitrogens with zero attached hydrogens (tertiary/aromatic N) is 4. The molecule has 1 aromatic heterocycles. The van der Waals surface area contributed by atoms with Crippen LogP contribution in [0.1, 0.15) is 23.2 Å². The van der Waals surface area contributed by atoms with Gasteiger partial charge in [0.2, 0.25) is 0 Å². The molecule has 1 fully saturated rings. The molecule has 1 aromatic carbocycles.